The van der Waals surface area contributed by atoms with E-state index in [0.29, 0.717) is 17.1 Å². The number of carbonyl (C=O) groups excluding carboxylic acids is 2. The molecule has 0 unspecified atom stereocenters. The van der Waals surface area contributed by atoms with E-state index in [2.05, 4.69) is 10.3 Å². The summed E-state index contributed by atoms with van der Waals surface area (Å²) < 4.78 is 24.2. The molecule has 0 radical (unpaired) electrons. The van der Waals surface area contributed by atoms with Gasteiger partial charge in [-0.15, -0.1) is 0 Å². The summed E-state index contributed by atoms with van der Waals surface area (Å²) >= 11 is 0. The van der Waals surface area contributed by atoms with Crippen LogP contribution in [0.1, 0.15) is 32.2 Å². The summed E-state index contributed by atoms with van der Waals surface area (Å²) in [6.45, 7) is 1.78. The zero-order chi connectivity index (χ0) is 21.0. The summed E-state index contributed by atoms with van der Waals surface area (Å²) in [4.78, 5) is 30.3. The van der Waals surface area contributed by atoms with Gasteiger partial charge in [-0.1, -0.05) is 12.1 Å². The molecule has 0 saturated carbocycles. The number of ether oxygens (including phenoxy) is 1. The standard InChI is InChI=1S/C21H20FN3O4/c1-13-16(21(27)28-3)11-14(29-13)12-25(2)20(26)15-7-6-10-23-19(15)24-18-9-5-4-8-17(18)22/h4-11H,12H2,1-3H3,(H,23,24). The number of para-hydroxylation sites is 1. The lowest BCUT2D eigenvalue weighted by Crippen LogP contribution is -2.27. The van der Waals surface area contributed by atoms with Gasteiger partial charge in [0.1, 0.15) is 28.7 Å². The predicted molar refractivity (Wildman–Crippen MR) is 105 cm³/mol. The van der Waals surface area contributed by atoms with Crippen molar-refractivity contribution in [3.05, 3.63) is 77.1 Å². The number of hydrogen-bond acceptors (Lipinski definition) is 6. The van der Waals surface area contributed by atoms with Crippen LogP contribution in [0.5, 0.6) is 0 Å². The number of anilines is 2. The van der Waals surface area contributed by atoms with Crippen molar-refractivity contribution in [1.82, 2.24) is 9.88 Å². The highest BCUT2D eigenvalue weighted by atomic mass is 19.1. The second-order valence-electron chi connectivity index (χ2n) is 6.34. The first-order chi connectivity index (χ1) is 13.9. The molecule has 2 aromatic heterocycles. The Kier molecular flexibility index (Phi) is 5.92. The Bertz CT molecular complexity index is 1050. The van der Waals surface area contributed by atoms with Crippen molar-refractivity contribution in [3.63, 3.8) is 0 Å². The van der Waals surface area contributed by atoms with E-state index in [1.807, 2.05) is 0 Å². The number of amides is 1. The average Bonchev–Trinajstić information content (AvgIpc) is 3.09. The summed E-state index contributed by atoms with van der Waals surface area (Å²) in [7, 11) is 2.88. The number of furan rings is 1. The van der Waals surface area contributed by atoms with Crippen molar-refractivity contribution in [3.8, 4) is 0 Å². The first-order valence-corrected chi connectivity index (χ1v) is 8.80. The van der Waals surface area contributed by atoms with Crippen molar-refractivity contribution in [1.29, 1.82) is 0 Å². The van der Waals surface area contributed by atoms with Crippen molar-refractivity contribution >= 4 is 23.4 Å². The molecule has 0 aliphatic rings. The number of pyridine rings is 1. The Hall–Kier alpha value is -3.68. The lowest BCUT2D eigenvalue weighted by Gasteiger charge is -2.18. The number of aryl methyl sites for hydroxylation is 1. The number of rotatable bonds is 6. The van der Waals surface area contributed by atoms with E-state index in [-0.39, 0.29) is 29.5 Å². The second kappa shape index (κ2) is 8.55. The van der Waals surface area contributed by atoms with Gasteiger partial charge < -0.3 is 19.4 Å². The molecule has 3 aromatic rings. The number of aromatic nitrogens is 1. The molecule has 7 nitrogen and oxygen atoms in total. The predicted octanol–water partition coefficient (Wildman–Crippen LogP) is 3.92. The molecule has 0 aliphatic carbocycles. The lowest BCUT2D eigenvalue weighted by molar-refractivity contribution is 0.0598. The van der Waals surface area contributed by atoms with Crippen LogP contribution < -0.4 is 5.32 Å². The fraction of sp³-hybridized carbons (Fsp3) is 0.190. The second-order valence-corrected chi connectivity index (χ2v) is 6.34. The fourth-order valence-corrected chi connectivity index (χ4v) is 2.81. The minimum absolute atomic E-state index is 0.130. The molecule has 1 amide bonds. The molecule has 8 heteroatoms. The van der Waals surface area contributed by atoms with Gasteiger partial charge in [0.25, 0.3) is 5.91 Å². The van der Waals surface area contributed by atoms with Gasteiger partial charge in [-0.3, -0.25) is 4.79 Å². The highest BCUT2D eigenvalue weighted by molar-refractivity contribution is 5.99. The molecule has 0 spiro atoms. The zero-order valence-corrected chi connectivity index (χ0v) is 16.2. The van der Waals surface area contributed by atoms with Crippen molar-refractivity contribution in [2.24, 2.45) is 0 Å². The third-order valence-electron chi connectivity index (χ3n) is 4.28. The molecule has 0 saturated heterocycles. The fourth-order valence-electron chi connectivity index (χ4n) is 2.81. The van der Waals surface area contributed by atoms with Gasteiger partial charge in [0.2, 0.25) is 0 Å². The van der Waals surface area contributed by atoms with Crippen molar-refractivity contribution < 1.29 is 23.1 Å². The molecule has 29 heavy (non-hydrogen) atoms. The van der Waals surface area contributed by atoms with Gasteiger partial charge in [-0.05, 0) is 37.3 Å². The Morgan fingerprint density at radius 1 is 1.21 bits per heavy atom. The van der Waals surface area contributed by atoms with E-state index in [9.17, 15) is 14.0 Å². The summed E-state index contributed by atoms with van der Waals surface area (Å²) in [6.07, 6.45) is 1.51. The Balaban J connectivity index is 1.80. The van der Waals surface area contributed by atoms with Gasteiger partial charge in [-0.2, -0.15) is 0 Å². The summed E-state index contributed by atoms with van der Waals surface area (Å²) in [5, 5.41) is 2.86. The quantitative estimate of drug-likeness (QED) is 0.635. The van der Waals surface area contributed by atoms with Crippen LogP contribution in [-0.2, 0) is 11.3 Å². The summed E-state index contributed by atoms with van der Waals surface area (Å²) in [6, 6.07) is 10.9. The molecular weight excluding hydrogens is 377 g/mol. The van der Waals surface area contributed by atoms with Crippen LogP contribution >= 0.6 is 0 Å². The third-order valence-corrected chi connectivity index (χ3v) is 4.28. The maximum absolute atomic E-state index is 14.0. The number of nitrogens with zero attached hydrogens (tertiary/aromatic N) is 2. The van der Waals surface area contributed by atoms with Crippen LogP contribution in [-0.4, -0.2) is 35.9 Å². The molecule has 2 heterocycles. The molecule has 1 N–H and O–H groups in total. The van der Waals surface area contributed by atoms with E-state index >= 15 is 0 Å². The number of nitrogens with one attached hydrogen (secondary N) is 1. The van der Waals surface area contributed by atoms with Gasteiger partial charge in [-0.25, -0.2) is 14.2 Å². The molecule has 3 rings (SSSR count). The third kappa shape index (κ3) is 4.43. The Morgan fingerprint density at radius 2 is 1.97 bits per heavy atom. The first kappa shape index (κ1) is 20.1. The average molecular weight is 397 g/mol. The minimum atomic E-state index is -0.505. The van der Waals surface area contributed by atoms with E-state index in [4.69, 9.17) is 9.15 Å². The first-order valence-electron chi connectivity index (χ1n) is 8.80. The van der Waals surface area contributed by atoms with Crippen molar-refractivity contribution in [2.75, 3.05) is 19.5 Å². The molecule has 0 atom stereocenters. The highest BCUT2D eigenvalue weighted by Gasteiger charge is 2.21. The normalized spacial score (nSPS) is 10.5. The zero-order valence-electron chi connectivity index (χ0n) is 16.2. The van der Waals surface area contributed by atoms with Gasteiger partial charge in [0, 0.05) is 13.2 Å². The topological polar surface area (TPSA) is 84.7 Å². The molecule has 1 aromatic carbocycles. The van der Waals surface area contributed by atoms with Crippen LogP contribution in [0.15, 0.2) is 53.1 Å². The largest absolute Gasteiger partial charge is 0.465 e. The highest BCUT2D eigenvalue weighted by Crippen LogP contribution is 2.23. The molecular formula is C21H20FN3O4. The monoisotopic (exact) mass is 397 g/mol. The van der Waals surface area contributed by atoms with Crippen LogP contribution in [0.3, 0.4) is 0 Å². The van der Waals surface area contributed by atoms with E-state index in [0.717, 1.165) is 0 Å². The van der Waals surface area contributed by atoms with Crippen LogP contribution in [0.25, 0.3) is 0 Å². The number of halogens is 1. The number of carbonyl (C=O) groups is 2. The maximum Gasteiger partial charge on any atom is 0.341 e. The summed E-state index contributed by atoms with van der Waals surface area (Å²) in [5.74, 6) is -0.213. The molecule has 0 aliphatic heterocycles. The number of esters is 1. The number of hydrogen-bond donors (Lipinski definition) is 1. The van der Waals surface area contributed by atoms with Gasteiger partial charge in [0.15, 0.2) is 0 Å². The van der Waals surface area contributed by atoms with Crippen LogP contribution in [0, 0.1) is 12.7 Å². The smallest absolute Gasteiger partial charge is 0.341 e. The van der Waals surface area contributed by atoms with E-state index < -0.39 is 11.8 Å². The van der Waals surface area contributed by atoms with Gasteiger partial charge >= 0.3 is 5.97 Å². The Labute approximate surface area is 167 Å². The number of methoxy groups -OCH3 is 1. The SMILES string of the molecule is COC(=O)c1cc(CN(C)C(=O)c2cccnc2Nc2ccccc2F)oc1C. The van der Waals surface area contributed by atoms with E-state index in [1.54, 1.807) is 50.4 Å². The minimum Gasteiger partial charge on any atom is -0.465 e. The lowest BCUT2D eigenvalue weighted by atomic mass is 10.2. The van der Waals surface area contributed by atoms with Gasteiger partial charge in [0.05, 0.1) is 24.9 Å². The van der Waals surface area contributed by atoms with Crippen molar-refractivity contribution in [2.45, 2.75) is 13.5 Å². The number of benzene rings is 1. The molecule has 0 bridgehead atoms. The van der Waals surface area contributed by atoms with Crippen LogP contribution in [0.4, 0.5) is 15.9 Å². The Morgan fingerprint density at radius 3 is 2.69 bits per heavy atom. The van der Waals surface area contributed by atoms with Crippen LogP contribution in [0.2, 0.25) is 0 Å². The maximum atomic E-state index is 14.0. The molecule has 0 fully saturated rings. The molecule has 150 valence electrons. The summed E-state index contributed by atoms with van der Waals surface area (Å²) in [5.41, 5.74) is 0.800. The van der Waals surface area contributed by atoms with E-state index in [1.165, 1.54) is 24.3 Å².